The van der Waals surface area contributed by atoms with Crippen LogP contribution in [-0.2, 0) is 0 Å². The number of benzene rings is 1. The molecule has 1 aliphatic rings. The molecule has 3 nitrogen and oxygen atoms in total. The molecule has 0 radical (unpaired) electrons. The van der Waals surface area contributed by atoms with Crippen molar-refractivity contribution >= 4 is 17.1 Å². The maximum Gasteiger partial charge on any atom is 0.137 e. The molecule has 24 heavy (non-hydrogen) atoms. The van der Waals surface area contributed by atoms with Gasteiger partial charge in [-0.2, -0.15) is 0 Å². The standard InChI is InChI=1S/C21H23N3/c1-2-6-17(7-3-1)8-5-13-24-14-10-18(11-15-24)20-16-23-21-19(20)9-4-12-22-21/h1-9,12,16,18H,10-11,13-15H2,(H,22,23)/b8-5+. The average molecular weight is 317 g/mol. The Morgan fingerprint density at radius 1 is 1.08 bits per heavy atom. The van der Waals surface area contributed by atoms with Gasteiger partial charge in [-0.05, 0) is 55.1 Å². The van der Waals surface area contributed by atoms with Gasteiger partial charge < -0.3 is 4.98 Å². The molecule has 122 valence electrons. The summed E-state index contributed by atoms with van der Waals surface area (Å²) < 4.78 is 0. The highest BCUT2D eigenvalue weighted by molar-refractivity contribution is 5.80. The maximum atomic E-state index is 4.41. The van der Waals surface area contributed by atoms with Crippen LogP contribution in [0, 0.1) is 0 Å². The molecule has 0 saturated carbocycles. The number of aromatic nitrogens is 2. The van der Waals surface area contributed by atoms with Gasteiger partial charge in [0, 0.05) is 24.3 Å². The van der Waals surface area contributed by atoms with E-state index in [2.05, 4.69) is 69.6 Å². The van der Waals surface area contributed by atoms with Crippen molar-refractivity contribution in [1.82, 2.24) is 14.9 Å². The molecule has 3 heterocycles. The molecule has 4 rings (SSSR count). The normalized spacial score (nSPS) is 17.0. The summed E-state index contributed by atoms with van der Waals surface area (Å²) in [5.41, 5.74) is 3.73. The number of aromatic amines is 1. The van der Waals surface area contributed by atoms with Crippen molar-refractivity contribution < 1.29 is 0 Å². The van der Waals surface area contributed by atoms with Crippen LogP contribution < -0.4 is 0 Å². The van der Waals surface area contributed by atoms with Crippen LogP contribution in [0.2, 0.25) is 0 Å². The fraction of sp³-hybridized carbons (Fsp3) is 0.286. The lowest BCUT2D eigenvalue weighted by Crippen LogP contribution is -2.32. The maximum absolute atomic E-state index is 4.41. The molecule has 0 aliphatic carbocycles. The van der Waals surface area contributed by atoms with Crippen LogP contribution in [-0.4, -0.2) is 34.5 Å². The zero-order valence-electron chi connectivity index (χ0n) is 13.9. The molecule has 1 N–H and O–H groups in total. The number of pyridine rings is 1. The van der Waals surface area contributed by atoms with Gasteiger partial charge >= 0.3 is 0 Å². The first kappa shape index (κ1) is 15.2. The van der Waals surface area contributed by atoms with Gasteiger partial charge in [-0.3, -0.25) is 4.90 Å². The minimum atomic E-state index is 0.650. The third-order valence-corrected chi connectivity index (χ3v) is 4.98. The molecule has 1 fully saturated rings. The van der Waals surface area contributed by atoms with E-state index >= 15 is 0 Å². The second kappa shape index (κ2) is 7.02. The number of hydrogen-bond donors (Lipinski definition) is 1. The number of H-pyrrole nitrogens is 1. The molecular weight excluding hydrogens is 294 g/mol. The Hall–Kier alpha value is -2.39. The highest BCUT2D eigenvalue weighted by atomic mass is 15.1. The molecule has 0 atom stereocenters. The number of nitrogens with zero attached hydrogens (tertiary/aromatic N) is 2. The lowest BCUT2D eigenvalue weighted by atomic mass is 9.89. The number of piperidine rings is 1. The predicted molar refractivity (Wildman–Crippen MR) is 100.0 cm³/mol. The summed E-state index contributed by atoms with van der Waals surface area (Å²) in [4.78, 5) is 10.3. The van der Waals surface area contributed by atoms with E-state index < -0.39 is 0 Å². The second-order valence-corrected chi connectivity index (χ2v) is 6.53. The van der Waals surface area contributed by atoms with E-state index in [1.807, 2.05) is 12.3 Å². The highest BCUT2D eigenvalue weighted by Crippen LogP contribution is 2.32. The molecule has 2 aromatic heterocycles. The van der Waals surface area contributed by atoms with Gasteiger partial charge in [0.15, 0.2) is 0 Å². The average Bonchev–Trinajstić information content (AvgIpc) is 3.07. The Labute approximate surface area is 143 Å². The fourth-order valence-electron chi connectivity index (χ4n) is 3.64. The number of fused-ring (bicyclic) bond motifs is 1. The number of hydrogen-bond acceptors (Lipinski definition) is 2. The van der Waals surface area contributed by atoms with Crippen LogP contribution >= 0.6 is 0 Å². The summed E-state index contributed by atoms with van der Waals surface area (Å²) in [6.07, 6.45) is 11.0. The van der Waals surface area contributed by atoms with Crippen LogP contribution in [0.1, 0.15) is 29.9 Å². The molecular formula is C21H23N3. The van der Waals surface area contributed by atoms with Gasteiger partial charge in [-0.25, -0.2) is 4.98 Å². The van der Waals surface area contributed by atoms with E-state index in [4.69, 9.17) is 0 Å². The van der Waals surface area contributed by atoms with Gasteiger partial charge in [0.05, 0.1) is 0 Å². The van der Waals surface area contributed by atoms with Crippen LogP contribution in [0.3, 0.4) is 0 Å². The van der Waals surface area contributed by atoms with Crippen LogP contribution in [0.5, 0.6) is 0 Å². The smallest absolute Gasteiger partial charge is 0.137 e. The van der Waals surface area contributed by atoms with Crippen LogP contribution in [0.15, 0.2) is 60.9 Å². The molecule has 0 amide bonds. The second-order valence-electron chi connectivity index (χ2n) is 6.53. The molecule has 0 unspecified atom stereocenters. The number of nitrogens with one attached hydrogen (secondary N) is 1. The van der Waals surface area contributed by atoms with Crippen LogP contribution in [0.25, 0.3) is 17.1 Å². The van der Waals surface area contributed by atoms with Gasteiger partial charge in [0.2, 0.25) is 0 Å². The first-order valence-corrected chi connectivity index (χ1v) is 8.76. The Balaban J connectivity index is 1.34. The Bertz CT molecular complexity index is 811. The summed E-state index contributed by atoms with van der Waals surface area (Å²) in [6, 6.07) is 14.7. The van der Waals surface area contributed by atoms with Crippen molar-refractivity contribution in [3.05, 3.63) is 72.1 Å². The van der Waals surface area contributed by atoms with Crippen molar-refractivity contribution in [3.8, 4) is 0 Å². The topological polar surface area (TPSA) is 31.9 Å². The van der Waals surface area contributed by atoms with Crippen molar-refractivity contribution in [3.63, 3.8) is 0 Å². The van der Waals surface area contributed by atoms with E-state index in [9.17, 15) is 0 Å². The van der Waals surface area contributed by atoms with Crippen molar-refractivity contribution in [2.75, 3.05) is 19.6 Å². The van der Waals surface area contributed by atoms with E-state index in [-0.39, 0.29) is 0 Å². The molecule has 0 bridgehead atoms. The molecule has 1 saturated heterocycles. The Kier molecular flexibility index (Phi) is 4.43. The Morgan fingerprint density at radius 2 is 1.92 bits per heavy atom. The summed E-state index contributed by atoms with van der Waals surface area (Å²) in [7, 11) is 0. The van der Waals surface area contributed by atoms with E-state index in [0.29, 0.717) is 5.92 Å². The van der Waals surface area contributed by atoms with Crippen molar-refractivity contribution in [2.45, 2.75) is 18.8 Å². The van der Waals surface area contributed by atoms with Gasteiger partial charge in [-0.15, -0.1) is 0 Å². The molecule has 1 aliphatic heterocycles. The molecule has 3 heteroatoms. The third-order valence-electron chi connectivity index (χ3n) is 4.98. The van der Waals surface area contributed by atoms with Gasteiger partial charge in [0.25, 0.3) is 0 Å². The Morgan fingerprint density at radius 3 is 2.75 bits per heavy atom. The largest absolute Gasteiger partial charge is 0.346 e. The third kappa shape index (κ3) is 3.26. The van der Waals surface area contributed by atoms with E-state index in [1.165, 1.54) is 29.4 Å². The fourth-order valence-corrected chi connectivity index (χ4v) is 3.64. The summed E-state index contributed by atoms with van der Waals surface area (Å²) in [5.74, 6) is 0.650. The minimum Gasteiger partial charge on any atom is -0.346 e. The zero-order chi connectivity index (χ0) is 16.2. The SMILES string of the molecule is C(=C\c1ccccc1)/CN1CCC(c2c[nH]c3ncccc23)CC1. The summed E-state index contributed by atoms with van der Waals surface area (Å²) in [6.45, 7) is 3.37. The highest BCUT2D eigenvalue weighted by Gasteiger charge is 2.22. The van der Waals surface area contributed by atoms with Crippen molar-refractivity contribution in [1.29, 1.82) is 0 Å². The lowest BCUT2D eigenvalue weighted by Gasteiger charge is -2.31. The van der Waals surface area contributed by atoms with E-state index in [0.717, 1.165) is 25.3 Å². The molecule has 0 spiro atoms. The zero-order valence-corrected chi connectivity index (χ0v) is 13.9. The first-order chi connectivity index (χ1) is 11.9. The van der Waals surface area contributed by atoms with E-state index in [1.54, 1.807) is 0 Å². The molecule has 3 aromatic rings. The van der Waals surface area contributed by atoms with Crippen LogP contribution in [0.4, 0.5) is 0 Å². The number of likely N-dealkylation sites (tertiary alicyclic amines) is 1. The monoisotopic (exact) mass is 317 g/mol. The van der Waals surface area contributed by atoms with Gasteiger partial charge in [-0.1, -0.05) is 42.5 Å². The number of rotatable bonds is 4. The van der Waals surface area contributed by atoms with Gasteiger partial charge in [0.1, 0.15) is 5.65 Å². The molecule has 1 aromatic carbocycles. The first-order valence-electron chi connectivity index (χ1n) is 8.76. The summed E-state index contributed by atoms with van der Waals surface area (Å²) >= 11 is 0. The predicted octanol–water partition coefficient (Wildman–Crippen LogP) is 4.46. The quantitative estimate of drug-likeness (QED) is 0.770. The van der Waals surface area contributed by atoms with Crippen molar-refractivity contribution in [2.24, 2.45) is 0 Å². The minimum absolute atomic E-state index is 0.650. The summed E-state index contributed by atoms with van der Waals surface area (Å²) in [5, 5.41) is 1.29. The lowest BCUT2D eigenvalue weighted by molar-refractivity contribution is 0.233.